The van der Waals surface area contributed by atoms with E-state index < -0.39 is 23.7 Å². The number of carbonyl (C=O) groups excluding carboxylic acids is 2. The topological polar surface area (TPSA) is 55.8 Å². The molecule has 2 aromatic carbocycles. The maximum Gasteiger partial charge on any atom is 0.244 e. The van der Waals surface area contributed by atoms with E-state index in [1.54, 1.807) is 18.2 Å². The lowest BCUT2D eigenvalue weighted by Gasteiger charge is -2.29. The van der Waals surface area contributed by atoms with Crippen molar-refractivity contribution in [2.45, 2.75) is 18.8 Å². The van der Waals surface area contributed by atoms with Gasteiger partial charge in [0.2, 0.25) is 17.6 Å². The Bertz CT molecular complexity index is 921. The van der Waals surface area contributed by atoms with Crippen molar-refractivity contribution in [3.63, 3.8) is 0 Å². The lowest BCUT2D eigenvalue weighted by molar-refractivity contribution is -0.151. The molecule has 2 amide bonds. The molecule has 0 unspecified atom stereocenters. The summed E-state index contributed by atoms with van der Waals surface area (Å²) in [6.07, 6.45) is 3.17. The molecule has 0 aliphatic carbocycles. The number of imide groups is 1. The largest absolute Gasteiger partial charge is 0.458 e. The highest BCUT2D eigenvalue weighted by Crippen LogP contribution is 2.53. The Morgan fingerprint density at radius 2 is 1.73 bits per heavy atom. The first-order valence-electron chi connectivity index (χ1n) is 8.65. The zero-order valence-corrected chi connectivity index (χ0v) is 14.2. The lowest BCUT2D eigenvalue weighted by atomic mass is 9.83. The zero-order chi connectivity index (χ0) is 17.9. The van der Waals surface area contributed by atoms with Crippen LogP contribution >= 0.6 is 0 Å². The minimum absolute atomic E-state index is 0.227. The van der Waals surface area contributed by atoms with Crippen molar-refractivity contribution in [3.05, 3.63) is 72.3 Å². The van der Waals surface area contributed by atoms with E-state index in [0.717, 1.165) is 5.56 Å². The Morgan fingerprint density at radius 1 is 1.00 bits per heavy atom. The number of anilines is 1. The van der Waals surface area contributed by atoms with Crippen LogP contribution in [-0.4, -0.2) is 23.7 Å². The summed E-state index contributed by atoms with van der Waals surface area (Å²) >= 11 is 0. The van der Waals surface area contributed by atoms with E-state index in [2.05, 4.69) is 0 Å². The summed E-state index contributed by atoms with van der Waals surface area (Å²) in [7, 11) is 0. The Hall–Kier alpha value is -2.92. The summed E-state index contributed by atoms with van der Waals surface area (Å²) in [4.78, 5) is 27.4. The molecule has 130 valence electrons. The number of ether oxygens (including phenoxy) is 2. The highest BCUT2D eigenvalue weighted by molar-refractivity contribution is 6.23. The number of rotatable bonds is 3. The number of fused-ring (bicyclic) bond motifs is 5. The molecule has 0 radical (unpaired) electrons. The monoisotopic (exact) mass is 347 g/mol. The van der Waals surface area contributed by atoms with Crippen molar-refractivity contribution in [1.29, 1.82) is 0 Å². The average Bonchev–Trinajstić information content (AvgIpc) is 3.28. The van der Waals surface area contributed by atoms with E-state index in [4.69, 9.17) is 9.47 Å². The fraction of sp³-hybridized carbons (Fsp3) is 0.238. The van der Waals surface area contributed by atoms with Gasteiger partial charge in [0, 0.05) is 0 Å². The second kappa shape index (κ2) is 5.29. The Balaban J connectivity index is 1.52. The highest BCUT2D eigenvalue weighted by atomic mass is 16.7. The molecule has 2 aromatic rings. The van der Waals surface area contributed by atoms with Crippen LogP contribution in [0.4, 0.5) is 5.69 Å². The summed E-state index contributed by atoms with van der Waals surface area (Å²) in [5, 5.41) is 0. The summed E-state index contributed by atoms with van der Waals surface area (Å²) in [5.74, 6) is -2.33. The molecule has 0 N–H and O–H groups in total. The Morgan fingerprint density at radius 3 is 2.46 bits per heavy atom. The molecule has 0 aromatic heterocycles. The van der Waals surface area contributed by atoms with Gasteiger partial charge >= 0.3 is 0 Å². The number of hydrogen-bond donors (Lipinski definition) is 0. The first-order valence-corrected chi connectivity index (χ1v) is 8.65. The summed E-state index contributed by atoms with van der Waals surface area (Å²) in [6.45, 7) is 1.99. The number of aryl methyl sites for hydroxylation is 1. The molecule has 3 aliphatic rings. The number of hydrogen-bond acceptors (Lipinski definition) is 4. The molecular formula is C21H17NO4. The maximum atomic E-state index is 13.1. The van der Waals surface area contributed by atoms with Gasteiger partial charge in [-0.05, 0) is 37.3 Å². The van der Waals surface area contributed by atoms with Crippen LogP contribution in [0.2, 0.25) is 0 Å². The first kappa shape index (κ1) is 15.3. The molecule has 3 heterocycles. The van der Waals surface area contributed by atoms with Crippen molar-refractivity contribution in [1.82, 2.24) is 0 Å². The van der Waals surface area contributed by atoms with Crippen LogP contribution in [0, 0.1) is 18.8 Å². The van der Waals surface area contributed by atoms with Crippen molar-refractivity contribution in [2.24, 2.45) is 11.8 Å². The van der Waals surface area contributed by atoms with Gasteiger partial charge in [-0.15, -0.1) is 0 Å². The Kier molecular flexibility index (Phi) is 3.12. The van der Waals surface area contributed by atoms with Crippen LogP contribution in [0.25, 0.3) is 0 Å². The third kappa shape index (κ3) is 2.01. The fourth-order valence-electron chi connectivity index (χ4n) is 4.08. The highest BCUT2D eigenvalue weighted by Gasteiger charge is 2.69. The Labute approximate surface area is 150 Å². The minimum Gasteiger partial charge on any atom is -0.458 e. The normalized spacial score (nSPS) is 31.6. The molecule has 5 heteroatoms. The molecule has 0 saturated carbocycles. The van der Waals surface area contributed by atoms with Crippen LogP contribution in [0.5, 0.6) is 5.75 Å². The van der Waals surface area contributed by atoms with Gasteiger partial charge in [0.1, 0.15) is 11.7 Å². The van der Waals surface area contributed by atoms with Gasteiger partial charge in [-0.3, -0.25) is 9.59 Å². The summed E-state index contributed by atoms with van der Waals surface area (Å²) < 4.78 is 12.1. The fourth-order valence-corrected chi connectivity index (χ4v) is 4.08. The standard InChI is InChI=1S/C21H17NO4/c1-13-7-9-15(10-8-13)25-21-12-11-16(26-21)17-18(21)20(24)22(19(17)23)14-5-3-2-4-6-14/h2-12,16-18H,1H3/t16-,17-,18+,21+/m1/s1. The second-order valence-corrected chi connectivity index (χ2v) is 6.93. The van der Waals surface area contributed by atoms with E-state index >= 15 is 0 Å². The molecule has 2 saturated heterocycles. The zero-order valence-electron chi connectivity index (χ0n) is 14.2. The van der Waals surface area contributed by atoms with Gasteiger partial charge in [-0.2, -0.15) is 0 Å². The molecule has 5 rings (SSSR count). The molecule has 4 atom stereocenters. The minimum atomic E-state index is -1.22. The molecular weight excluding hydrogens is 330 g/mol. The number of amides is 2. The van der Waals surface area contributed by atoms with E-state index in [1.165, 1.54) is 4.90 Å². The van der Waals surface area contributed by atoms with Crippen LogP contribution in [0.3, 0.4) is 0 Å². The van der Waals surface area contributed by atoms with Gasteiger partial charge in [-0.1, -0.05) is 42.0 Å². The number of carbonyl (C=O) groups is 2. The van der Waals surface area contributed by atoms with Crippen molar-refractivity contribution >= 4 is 17.5 Å². The number of para-hydroxylation sites is 1. The third-order valence-corrected chi connectivity index (χ3v) is 5.29. The molecule has 26 heavy (non-hydrogen) atoms. The molecule has 5 nitrogen and oxygen atoms in total. The van der Waals surface area contributed by atoms with Gasteiger partial charge in [0.25, 0.3) is 0 Å². The van der Waals surface area contributed by atoms with Crippen LogP contribution < -0.4 is 9.64 Å². The van der Waals surface area contributed by atoms with E-state index in [0.29, 0.717) is 11.4 Å². The lowest BCUT2D eigenvalue weighted by Crippen LogP contribution is -2.45. The molecule has 3 aliphatic heterocycles. The SMILES string of the molecule is Cc1ccc(O[C@@]23C=C[C@@H](O2)[C@H]2C(=O)N(c4ccccc4)C(=O)[C@H]23)cc1. The second-order valence-electron chi connectivity index (χ2n) is 6.93. The molecule has 0 spiro atoms. The van der Waals surface area contributed by atoms with Crippen molar-refractivity contribution in [3.8, 4) is 5.75 Å². The number of benzene rings is 2. The van der Waals surface area contributed by atoms with Gasteiger partial charge in [0.15, 0.2) is 0 Å². The predicted octanol–water partition coefficient (Wildman–Crippen LogP) is 2.84. The van der Waals surface area contributed by atoms with Crippen LogP contribution in [-0.2, 0) is 14.3 Å². The maximum absolute atomic E-state index is 13.1. The average molecular weight is 347 g/mol. The van der Waals surface area contributed by atoms with Gasteiger partial charge in [0.05, 0.1) is 17.7 Å². The summed E-state index contributed by atoms with van der Waals surface area (Å²) in [5.41, 5.74) is 1.70. The van der Waals surface area contributed by atoms with Crippen LogP contribution in [0.1, 0.15) is 5.56 Å². The van der Waals surface area contributed by atoms with Gasteiger partial charge < -0.3 is 9.47 Å². The quantitative estimate of drug-likeness (QED) is 0.633. The van der Waals surface area contributed by atoms with Crippen molar-refractivity contribution in [2.75, 3.05) is 4.90 Å². The molecule has 2 bridgehead atoms. The van der Waals surface area contributed by atoms with E-state index in [1.807, 2.05) is 55.5 Å². The van der Waals surface area contributed by atoms with E-state index in [9.17, 15) is 9.59 Å². The van der Waals surface area contributed by atoms with Crippen LogP contribution in [0.15, 0.2) is 66.7 Å². The van der Waals surface area contributed by atoms with Crippen molar-refractivity contribution < 1.29 is 19.1 Å². The van der Waals surface area contributed by atoms with Gasteiger partial charge in [-0.25, -0.2) is 4.90 Å². The first-order chi connectivity index (χ1) is 12.6. The summed E-state index contributed by atoms with van der Waals surface area (Å²) in [6, 6.07) is 16.6. The third-order valence-electron chi connectivity index (χ3n) is 5.29. The molecule has 2 fully saturated rings. The smallest absolute Gasteiger partial charge is 0.244 e. The predicted molar refractivity (Wildman–Crippen MR) is 94.5 cm³/mol. The van der Waals surface area contributed by atoms with E-state index in [-0.39, 0.29) is 11.8 Å². The number of nitrogens with zero attached hydrogens (tertiary/aromatic N) is 1.